The van der Waals surface area contributed by atoms with Gasteiger partial charge in [0, 0.05) is 11.8 Å². The summed E-state index contributed by atoms with van der Waals surface area (Å²) in [4.78, 5) is 0. The molecule has 16 heavy (non-hydrogen) atoms. The van der Waals surface area contributed by atoms with Gasteiger partial charge in [-0.25, -0.2) is 0 Å². The van der Waals surface area contributed by atoms with E-state index in [9.17, 15) is 5.11 Å². The smallest absolute Gasteiger partial charge is 0.165 e. The van der Waals surface area contributed by atoms with Crippen LogP contribution in [0.1, 0.15) is 12.8 Å². The third kappa shape index (κ3) is 2.76. The molecule has 0 spiro atoms. The molecule has 0 aliphatic carbocycles. The monoisotopic (exact) mass is 240 g/mol. The predicted molar refractivity (Wildman–Crippen MR) is 65.6 cm³/mol. The fraction of sp³-hybridized carbons (Fsp3) is 0.500. The average Bonchev–Trinajstić information content (AvgIpc) is 2.31. The molecule has 1 N–H and O–H groups in total. The number of methoxy groups -OCH3 is 1. The molecule has 1 aromatic carbocycles. The lowest BCUT2D eigenvalue weighted by Gasteiger charge is -2.23. The first-order chi connectivity index (χ1) is 7.79. The maximum absolute atomic E-state index is 9.42. The summed E-state index contributed by atoms with van der Waals surface area (Å²) in [5.74, 6) is 3.75. The molecule has 1 fully saturated rings. The number of phenols is 1. The topological polar surface area (TPSA) is 38.7 Å². The Morgan fingerprint density at radius 3 is 2.94 bits per heavy atom. The normalized spacial score (nSPS) is 20.4. The minimum absolute atomic E-state index is 0.208. The zero-order chi connectivity index (χ0) is 11.4. The quantitative estimate of drug-likeness (QED) is 0.881. The molecule has 0 bridgehead atoms. The third-order valence-electron chi connectivity index (χ3n) is 2.56. The largest absolute Gasteiger partial charge is 0.508 e. The summed E-state index contributed by atoms with van der Waals surface area (Å²) in [6, 6.07) is 4.93. The van der Waals surface area contributed by atoms with Crippen LogP contribution in [0.25, 0.3) is 0 Å². The molecule has 1 heterocycles. The SMILES string of the molecule is COc1ccc(O)cc1OC1CCCSC1. The van der Waals surface area contributed by atoms with Crippen LogP contribution in [0.5, 0.6) is 17.2 Å². The summed E-state index contributed by atoms with van der Waals surface area (Å²) in [5.41, 5.74) is 0. The van der Waals surface area contributed by atoms with Gasteiger partial charge in [0.15, 0.2) is 11.5 Å². The van der Waals surface area contributed by atoms with E-state index >= 15 is 0 Å². The van der Waals surface area contributed by atoms with E-state index in [1.54, 1.807) is 25.3 Å². The zero-order valence-electron chi connectivity index (χ0n) is 9.31. The van der Waals surface area contributed by atoms with Gasteiger partial charge in [-0.2, -0.15) is 11.8 Å². The van der Waals surface area contributed by atoms with Crippen molar-refractivity contribution in [2.45, 2.75) is 18.9 Å². The Labute approximate surface area is 99.8 Å². The van der Waals surface area contributed by atoms with Gasteiger partial charge in [-0.1, -0.05) is 0 Å². The number of phenolic OH excluding ortho intramolecular Hbond substituents is 1. The lowest BCUT2D eigenvalue weighted by Crippen LogP contribution is -2.23. The number of thioether (sulfide) groups is 1. The molecule has 2 rings (SSSR count). The van der Waals surface area contributed by atoms with Crippen LogP contribution in [0.4, 0.5) is 0 Å². The van der Waals surface area contributed by atoms with E-state index in [4.69, 9.17) is 9.47 Å². The van der Waals surface area contributed by atoms with Crippen molar-refractivity contribution in [1.29, 1.82) is 0 Å². The van der Waals surface area contributed by atoms with E-state index in [0.717, 1.165) is 12.2 Å². The van der Waals surface area contributed by atoms with Crippen molar-refractivity contribution >= 4 is 11.8 Å². The molecule has 1 aliphatic heterocycles. The Bertz CT molecular complexity index is 348. The van der Waals surface area contributed by atoms with Gasteiger partial charge in [-0.15, -0.1) is 0 Å². The number of ether oxygens (including phenoxy) is 2. The van der Waals surface area contributed by atoms with Crippen molar-refractivity contribution < 1.29 is 14.6 Å². The highest BCUT2D eigenvalue weighted by Gasteiger charge is 2.17. The van der Waals surface area contributed by atoms with Crippen molar-refractivity contribution in [3.8, 4) is 17.2 Å². The zero-order valence-corrected chi connectivity index (χ0v) is 10.1. The lowest BCUT2D eigenvalue weighted by atomic mass is 10.2. The Morgan fingerprint density at radius 2 is 2.25 bits per heavy atom. The van der Waals surface area contributed by atoms with Crippen molar-refractivity contribution in [3.63, 3.8) is 0 Å². The molecular weight excluding hydrogens is 224 g/mol. The van der Waals surface area contributed by atoms with Crippen LogP contribution in [0.15, 0.2) is 18.2 Å². The van der Waals surface area contributed by atoms with Gasteiger partial charge in [-0.3, -0.25) is 0 Å². The molecule has 0 amide bonds. The molecule has 0 radical (unpaired) electrons. The average molecular weight is 240 g/mol. The molecular formula is C12H16O3S. The number of aromatic hydroxyl groups is 1. The summed E-state index contributed by atoms with van der Waals surface area (Å²) in [6.45, 7) is 0. The number of hydrogen-bond acceptors (Lipinski definition) is 4. The first-order valence-corrected chi connectivity index (χ1v) is 6.56. The second-order valence-electron chi connectivity index (χ2n) is 3.79. The summed E-state index contributed by atoms with van der Waals surface area (Å²) < 4.78 is 11.1. The van der Waals surface area contributed by atoms with Gasteiger partial charge >= 0.3 is 0 Å². The summed E-state index contributed by atoms with van der Waals surface area (Å²) in [6.07, 6.45) is 2.50. The van der Waals surface area contributed by atoms with Gasteiger partial charge in [-0.05, 0) is 30.7 Å². The standard InChI is InChI=1S/C12H16O3S/c1-14-11-5-4-9(13)7-12(11)15-10-3-2-6-16-8-10/h4-5,7,10,13H,2-3,6,8H2,1H3. The van der Waals surface area contributed by atoms with Crippen LogP contribution in [0.3, 0.4) is 0 Å². The van der Waals surface area contributed by atoms with Gasteiger partial charge in [0.1, 0.15) is 11.9 Å². The highest BCUT2D eigenvalue weighted by Crippen LogP contribution is 2.33. The summed E-state index contributed by atoms with van der Waals surface area (Å²) >= 11 is 1.91. The van der Waals surface area contributed by atoms with Crippen molar-refractivity contribution in [3.05, 3.63) is 18.2 Å². The maximum atomic E-state index is 9.42. The first-order valence-electron chi connectivity index (χ1n) is 5.41. The van der Waals surface area contributed by atoms with Crippen LogP contribution in [-0.2, 0) is 0 Å². The minimum Gasteiger partial charge on any atom is -0.508 e. The van der Waals surface area contributed by atoms with Crippen LogP contribution < -0.4 is 9.47 Å². The maximum Gasteiger partial charge on any atom is 0.165 e. The van der Waals surface area contributed by atoms with Gasteiger partial charge < -0.3 is 14.6 Å². The fourth-order valence-electron chi connectivity index (χ4n) is 1.74. The molecule has 3 nitrogen and oxygen atoms in total. The number of rotatable bonds is 3. The Kier molecular flexibility index (Phi) is 3.83. The minimum atomic E-state index is 0.208. The van der Waals surface area contributed by atoms with E-state index in [2.05, 4.69) is 0 Å². The summed E-state index contributed by atoms with van der Waals surface area (Å²) in [5, 5.41) is 9.42. The predicted octanol–water partition coefficient (Wildman–Crippen LogP) is 2.68. The Hall–Kier alpha value is -1.03. The van der Waals surface area contributed by atoms with Crippen LogP contribution in [-0.4, -0.2) is 29.8 Å². The second-order valence-corrected chi connectivity index (χ2v) is 4.94. The molecule has 1 aliphatic rings. The van der Waals surface area contributed by atoms with E-state index in [0.29, 0.717) is 11.5 Å². The van der Waals surface area contributed by atoms with E-state index in [1.807, 2.05) is 11.8 Å². The fourth-order valence-corrected chi connectivity index (χ4v) is 2.78. The highest BCUT2D eigenvalue weighted by atomic mass is 32.2. The van der Waals surface area contributed by atoms with E-state index in [-0.39, 0.29) is 11.9 Å². The van der Waals surface area contributed by atoms with Crippen LogP contribution >= 0.6 is 11.8 Å². The third-order valence-corrected chi connectivity index (χ3v) is 3.74. The second kappa shape index (κ2) is 5.34. The molecule has 88 valence electrons. The van der Waals surface area contributed by atoms with Crippen LogP contribution in [0, 0.1) is 0 Å². The molecule has 1 atom stereocenters. The number of hydrogen-bond donors (Lipinski definition) is 1. The molecule has 1 aromatic rings. The van der Waals surface area contributed by atoms with Crippen molar-refractivity contribution in [1.82, 2.24) is 0 Å². The number of benzene rings is 1. The Balaban J connectivity index is 2.09. The van der Waals surface area contributed by atoms with Gasteiger partial charge in [0.05, 0.1) is 7.11 Å². The van der Waals surface area contributed by atoms with Gasteiger partial charge in [0.2, 0.25) is 0 Å². The van der Waals surface area contributed by atoms with Gasteiger partial charge in [0.25, 0.3) is 0 Å². The molecule has 0 saturated carbocycles. The van der Waals surface area contributed by atoms with Crippen molar-refractivity contribution in [2.75, 3.05) is 18.6 Å². The lowest BCUT2D eigenvalue weighted by molar-refractivity contribution is 0.201. The highest BCUT2D eigenvalue weighted by molar-refractivity contribution is 7.99. The summed E-state index contributed by atoms with van der Waals surface area (Å²) in [7, 11) is 1.61. The van der Waals surface area contributed by atoms with E-state index in [1.165, 1.54) is 12.2 Å². The first kappa shape index (κ1) is 11.5. The van der Waals surface area contributed by atoms with Crippen molar-refractivity contribution in [2.24, 2.45) is 0 Å². The van der Waals surface area contributed by atoms with E-state index < -0.39 is 0 Å². The molecule has 4 heteroatoms. The molecule has 1 unspecified atom stereocenters. The molecule has 1 saturated heterocycles. The van der Waals surface area contributed by atoms with Crippen LogP contribution in [0.2, 0.25) is 0 Å². The Morgan fingerprint density at radius 1 is 1.38 bits per heavy atom. The molecule has 0 aromatic heterocycles.